The van der Waals surface area contributed by atoms with Gasteiger partial charge in [-0.15, -0.1) is 99.1 Å². The van der Waals surface area contributed by atoms with E-state index in [1.807, 2.05) is 0 Å². The summed E-state index contributed by atoms with van der Waals surface area (Å²) in [6, 6.07) is 42.4. The summed E-state index contributed by atoms with van der Waals surface area (Å²) in [4.78, 5) is 0. The number of hydrogen-bond acceptors (Lipinski definition) is 0. The topological polar surface area (TPSA) is 0 Å². The Hall–Kier alpha value is -2.48. The van der Waals surface area contributed by atoms with E-state index >= 15 is 0 Å². The van der Waals surface area contributed by atoms with Gasteiger partial charge in [-0.3, -0.25) is 0 Å². The summed E-state index contributed by atoms with van der Waals surface area (Å²) in [7, 11) is 0. The second-order valence-corrected chi connectivity index (χ2v) is 24.0. The van der Waals surface area contributed by atoms with Gasteiger partial charge in [-0.25, -0.2) is 0 Å². The van der Waals surface area contributed by atoms with Gasteiger partial charge in [0.15, 0.2) is 0 Å². The Morgan fingerprint density at radius 2 is 1.02 bits per heavy atom. The number of benzene rings is 5. The van der Waals surface area contributed by atoms with Crippen LogP contribution in [0.1, 0.15) is 58.2 Å². The fraction of sp³-hybridized carbons (Fsp3) is 0.256. The van der Waals surface area contributed by atoms with Crippen LogP contribution in [0.25, 0.3) is 54.2 Å². The van der Waals surface area contributed by atoms with Crippen molar-refractivity contribution in [1.29, 1.82) is 0 Å². The fourth-order valence-electron chi connectivity index (χ4n) is 5.96. The zero-order chi connectivity index (χ0) is 32.5. The van der Waals surface area contributed by atoms with Crippen LogP contribution in [0.2, 0.25) is 13.1 Å². The molecule has 0 fully saturated rings. The molecular weight excluding hydrogens is 707 g/mol. The summed E-state index contributed by atoms with van der Waals surface area (Å²) in [6.07, 6.45) is 0. The van der Waals surface area contributed by atoms with Crippen LogP contribution >= 0.6 is 24.8 Å². The van der Waals surface area contributed by atoms with Crippen LogP contribution < -0.4 is 0 Å². The molecule has 0 aliphatic heterocycles. The molecule has 7 aromatic carbocycles. The first-order chi connectivity index (χ1) is 21.2. The maximum Gasteiger partial charge on any atom is -0.0224 e. The van der Waals surface area contributed by atoms with Gasteiger partial charge < -0.3 is 0 Å². The van der Waals surface area contributed by atoms with Crippen molar-refractivity contribution in [1.82, 2.24) is 0 Å². The predicted octanol–water partition coefficient (Wildman–Crippen LogP) is 13.6. The second kappa shape index (κ2) is 15.8. The monoisotopic (exact) mass is 752 g/mol. The van der Waals surface area contributed by atoms with Crippen LogP contribution in [0.5, 0.6) is 0 Å². The van der Waals surface area contributed by atoms with Crippen molar-refractivity contribution < 1.29 is 23.3 Å². The van der Waals surface area contributed by atoms with E-state index < -0.39 is 0 Å². The summed E-state index contributed by atoms with van der Waals surface area (Å²) in [5.41, 5.74) is 7.39. The van der Waals surface area contributed by atoms with Crippen molar-refractivity contribution >= 4 is 73.3 Å². The van der Waals surface area contributed by atoms with E-state index in [2.05, 4.69) is 177 Å². The zero-order valence-electron chi connectivity index (χ0n) is 29.3. The minimum absolute atomic E-state index is 0. The Bertz CT molecular complexity index is 2030. The first-order valence-corrected chi connectivity index (χ1v) is 22.2. The minimum atomic E-state index is 0. The van der Waals surface area contributed by atoms with Gasteiger partial charge in [-0.2, -0.15) is 0 Å². The molecule has 0 aromatic heterocycles. The van der Waals surface area contributed by atoms with Gasteiger partial charge in [0.25, 0.3) is 0 Å². The van der Waals surface area contributed by atoms with Crippen LogP contribution in [0.4, 0.5) is 0 Å². The third-order valence-corrected chi connectivity index (χ3v) is 8.51. The molecule has 0 spiro atoms. The number of hydrogen-bond donors (Lipinski definition) is 0. The Morgan fingerprint density at radius 3 is 1.53 bits per heavy atom. The molecule has 0 atom stereocenters. The van der Waals surface area contributed by atoms with Crippen LogP contribution in [0.3, 0.4) is 0 Å². The molecule has 0 radical (unpaired) electrons. The Kier molecular flexibility index (Phi) is 13.1. The van der Waals surface area contributed by atoms with Crippen LogP contribution in [0.15, 0.2) is 115 Å². The summed E-state index contributed by atoms with van der Waals surface area (Å²) < 4.78 is 0. The average molecular weight is 755 g/mol. The van der Waals surface area contributed by atoms with Crippen molar-refractivity contribution in [2.24, 2.45) is 0 Å². The molecule has 0 heterocycles. The van der Waals surface area contributed by atoms with Crippen molar-refractivity contribution in [2.45, 2.75) is 72.4 Å². The SMILES string of the molecule is CC(C)(C)c1ccc2c(c1)[cH-]c1cc(C(C)(C)C)ccc12.C[Si](C)=[Zr+2].Cc1ccc(-c2cc3ccccc3[cH-]2)c2ccccc12.Cl.Cl. The van der Waals surface area contributed by atoms with Crippen LogP contribution in [-0.2, 0) is 34.2 Å². The predicted molar refractivity (Wildman–Crippen MR) is 214 cm³/mol. The smallest absolute Gasteiger partial charge is 0.0224 e. The van der Waals surface area contributed by atoms with Gasteiger partial charge in [0.2, 0.25) is 0 Å². The van der Waals surface area contributed by atoms with Crippen LogP contribution in [0, 0.1) is 6.92 Å². The zero-order valence-corrected chi connectivity index (χ0v) is 34.4. The maximum atomic E-state index is 2.35. The molecule has 7 aromatic rings. The molecule has 0 aliphatic carbocycles. The molecule has 0 amide bonds. The third kappa shape index (κ3) is 9.16. The minimum Gasteiger partial charge on any atom is -0.147 e. The number of rotatable bonds is 1. The number of fused-ring (bicyclic) bond motifs is 5. The molecule has 0 aliphatic rings. The van der Waals surface area contributed by atoms with E-state index in [1.54, 1.807) is 23.3 Å². The number of halogens is 2. The molecule has 7 rings (SSSR count). The van der Waals surface area contributed by atoms with E-state index in [9.17, 15) is 0 Å². The molecule has 0 saturated heterocycles. The Balaban J connectivity index is 0.000000221. The van der Waals surface area contributed by atoms with Crippen molar-refractivity contribution in [3.63, 3.8) is 0 Å². The Morgan fingerprint density at radius 1 is 0.532 bits per heavy atom. The maximum absolute atomic E-state index is 2.35. The molecule has 0 saturated carbocycles. The van der Waals surface area contributed by atoms with Gasteiger partial charge in [-0.05, 0) is 34.1 Å². The van der Waals surface area contributed by atoms with Crippen molar-refractivity contribution in [3.8, 4) is 11.1 Å². The van der Waals surface area contributed by atoms with E-state index in [-0.39, 0.29) is 41.1 Å². The Labute approximate surface area is 309 Å². The summed E-state index contributed by atoms with van der Waals surface area (Å²) in [5, 5.41) is 10.8. The van der Waals surface area contributed by atoms with Gasteiger partial charge in [0.1, 0.15) is 0 Å². The van der Waals surface area contributed by atoms with Gasteiger partial charge in [0, 0.05) is 0 Å². The van der Waals surface area contributed by atoms with Gasteiger partial charge >= 0.3 is 41.9 Å². The molecule has 0 N–H and O–H groups in total. The molecule has 0 bridgehead atoms. The van der Waals surface area contributed by atoms with Gasteiger partial charge in [-0.1, -0.05) is 137 Å². The molecule has 47 heavy (non-hydrogen) atoms. The standard InChI is InChI=1S/C21H25.C20H15.C2H6Si.2ClH.Zr/c1-20(2,3)16-7-9-18-14(12-16)11-15-13-17(21(4,5)6)8-10-19(15)18;1-14-10-11-19(20-9-5-4-8-18(14)20)17-12-15-6-2-3-7-16(15)13-17;1-3-2;;;/h7-13H,1-6H3;2-13H,1H3;1-2H3;2*1H;/q2*-1;;;;+2. The molecule has 242 valence electrons. The third-order valence-electron chi connectivity index (χ3n) is 8.51. The summed E-state index contributed by atoms with van der Waals surface area (Å²) in [5.74, 6) is 0. The first-order valence-electron chi connectivity index (χ1n) is 16.0. The quantitative estimate of drug-likeness (QED) is 0.116. The van der Waals surface area contributed by atoms with E-state index in [4.69, 9.17) is 0 Å². The molecule has 0 unspecified atom stereocenters. The molecular formula is C43H48Cl2SiZr. The summed E-state index contributed by atoms with van der Waals surface area (Å²) >= 11 is 1.74. The molecule has 0 nitrogen and oxygen atoms in total. The van der Waals surface area contributed by atoms with E-state index in [0.29, 0.717) is 0 Å². The summed E-state index contributed by atoms with van der Waals surface area (Å²) in [6.45, 7) is 20.4. The normalized spacial score (nSPS) is 11.3. The first kappa shape index (κ1) is 39.0. The number of aryl methyl sites for hydroxylation is 1. The second-order valence-electron chi connectivity index (χ2n) is 14.6. The van der Waals surface area contributed by atoms with Crippen molar-refractivity contribution in [3.05, 3.63) is 132 Å². The van der Waals surface area contributed by atoms with Gasteiger partial charge in [0.05, 0.1) is 0 Å². The molecule has 4 heteroatoms. The largest absolute Gasteiger partial charge is 0.147 e. The van der Waals surface area contributed by atoms with E-state index in [0.717, 1.165) is 0 Å². The van der Waals surface area contributed by atoms with E-state index in [1.165, 1.54) is 70.9 Å². The van der Waals surface area contributed by atoms with Crippen molar-refractivity contribution in [2.75, 3.05) is 0 Å². The fourth-order valence-corrected chi connectivity index (χ4v) is 5.96. The van der Waals surface area contributed by atoms with Crippen LogP contribution in [-0.4, -0.2) is 5.43 Å². The average Bonchev–Trinajstić information content (AvgIpc) is 3.57.